The molecule has 0 aliphatic heterocycles. The summed E-state index contributed by atoms with van der Waals surface area (Å²) < 4.78 is 5.22. The van der Waals surface area contributed by atoms with Crippen LogP contribution >= 0.6 is 0 Å². The molecule has 0 rings (SSSR count). The molecule has 0 aliphatic rings. The molecule has 78 valence electrons. The van der Waals surface area contributed by atoms with Crippen molar-refractivity contribution >= 4 is 5.91 Å². The summed E-state index contributed by atoms with van der Waals surface area (Å²) in [5.74, 6) is -0.0128. The van der Waals surface area contributed by atoms with Gasteiger partial charge in [-0.1, -0.05) is 6.92 Å². The summed E-state index contributed by atoms with van der Waals surface area (Å²) in [7, 11) is 3.69. The largest absolute Gasteiger partial charge is 0.378 e. The van der Waals surface area contributed by atoms with Crippen molar-refractivity contribution in [2.24, 2.45) is 0 Å². The number of methoxy groups -OCH3 is 1. The highest BCUT2D eigenvalue weighted by molar-refractivity contribution is 5.72. The lowest BCUT2D eigenvalue weighted by atomic mass is 10.3. The Morgan fingerprint density at radius 3 is 2.62 bits per heavy atom. The van der Waals surface area contributed by atoms with E-state index in [1.165, 1.54) is 6.92 Å². The van der Waals surface area contributed by atoms with Crippen LogP contribution in [0.5, 0.6) is 0 Å². The molecule has 0 heterocycles. The van der Waals surface area contributed by atoms with E-state index < -0.39 is 0 Å². The van der Waals surface area contributed by atoms with Gasteiger partial charge < -0.3 is 15.0 Å². The normalized spacial score (nSPS) is 13.0. The standard InChI is InChI=1S/C9H20N2O2/c1-5-11(3)7-9(13-4)6-10-8(2)12/h9H,5-7H2,1-4H3,(H,10,12). The van der Waals surface area contributed by atoms with Gasteiger partial charge in [-0.15, -0.1) is 0 Å². The van der Waals surface area contributed by atoms with Gasteiger partial charge in [0.15, 0.2) is 0 Å². The number of nitrogens with zero attached hydrogens (tertiary/aromatic N) is 1. The Morgan fingerprint density at radius 1 is 1.62 bits per heavy atom. The van der Waals surface area contributed by atoms with Crippen LogP contribution in [0.2, 0.25) is 0 Å². The lowest BCUT2D eigenvalue weighted by molar-refractivity contribution is -0.119. The maximum absolute atomic E-state index is 10.6. The summed E-state index contributed by atoms with van der Waals surface area (Å²) in [5.41, 5.74) is 0. The molecule has 0 aromatic heterocycles. The summed E-state index contributed by atoms with van der Waals surface area (Å²) >= 11 is 0. The molecular weight excluding hydrogens is 168 g/mol. The molecule has 0 aromatic rings. The smallest absolute Gasteiger partial charge is 0.216 e. The van der Waals surface area contributed by atoms with Crippen LogP contribution in [0.25, 0.3) is 0 Å². The minimum atomic E-state index is -0.0128. The van der Waals surface area contributed by atoms with Crippen molar-refractivity contribution < 1.29 is 9.53 Å². The number of nitrogens with one attached hydrogen (secondary N) is 1. The van der Waals surface area contributed by atoms with Gasteiger partial charge in [0, 0.05) is 27.1 Å². The van der Waals surface area contributed by atoms with E-state index in [1.54, 1.807) is 7.11 Å². The number of rotatable bonds is 6. The van der Waals surface area contributed by atoms with Gasteiger partial charge in [-0.3, -0.25) is 4.79 Å². The summed E-state index contributed by atoms with van der Waals surface area (Å²) in [6.45, 7) is 6.00. The zero-order valence-corrected chi connectivity index (χ0v) is 8.96. The number of carbonyl (C=O) groups is 1. The van der Waals surface area contributed by atoms with E-state index in [0.29, 0.717) is 6.54 Å². The highest BCUT2D eigenvalue weighted by atomic mass is 16.5. The van der Waals surface area contributed by atoms with Crippen LogP contribution in [0.4, 0.5) is 0 Å². The van der Waals surface area contributed by atoms with Gasteiger partial charge in [0.2, 0.25) is 5.91 Å². The van der Waals surface area contributed by atoms with E-state index in [4.69, 9.17) is 4.74 Å². The van der Waals surface area contributed by atoms with Crippen molar-refractivity contribution in [2.75, 3.05) is 33.8 Å². The summed E-state index contributed by atoms with van der Waals surface area (Å²) in [6, 6.07) is 0. The second-order valence-electron chi connectivity index (χ2n) is 3.15. The van der Waals surface area contributed by atoms with Gasteiger partial charge in [-0.2, -0.15) is 0 Å². The first-order valence-corrected chi connectivity index (χ1v) is 4.55. The third kappa shape index (κ3) is 6.54. The van der Waals surface area contributed by atoms with Crippen molar-refractivity contribution in [3.8, 4) is 0 Å². The SMILES string of the molecule is CCN(C)CC(CNC(C)=O)OC. The van der Waals surface area contributed by atoms with Crippen molar-refractivity contribution in [1.82, 2.24) is 10.2 Å². The fourth-order valence-corrected chi connectivity index (χ4v) is 0.957. The zero-order valence-electron chi connectivity index (χ0n) is 8.96. The van der Waals surface area contributed by atoms with Crippen molar-refractivity contribution in [3.63, 3.8) is 0 Å². The zero-order chi connectivity index (χ0) is 10.3. The predicted molar refractivity (Wildman–Crippen MR) is 52.7 cm³/mol. The molecule has 13 heavy (non-hydrogen) atoms. The van der Waals surface area contributed by atoms with Gasteiger partial charge >= 0.3 is 0 Å². The molecule has 0 fully saturated rings. The van der Waals surface area contributed by atoms with Crippen LogP contribution < -0.4 is 5.32 Å². The van der Waals surface area contributed by atoms with Crippen LogP contribution in [0.3, 0.4) is 0 Å². The van der Waals surface area contributed by atoms with E-state index in [9.17, 15) is 4.79 Å². The number of amides is 1. The van der Waals surface area contributed by atoms with E-state index >= 15 is 0 Å². The average molecular weight is 188 g/mol. The fraction of sp³-hybridized carbons (Fsp3) is 0.889. The Bertz CT molecular complexity index is 151. The molecule has 1 N–H and O–H groups in total. The molecule has 4 nitrogen and oxygen atoms in total. The Morgan fingerprint density at radius 2 is 2.23 bits per heavy atom. The minimum Gasteiger partial charge on any atom is -0.378 e. The van der Waals surface area contributed by atoms with Gasteiger partial charge in [0.1, 0.15) is 0 Å². The topological polar surface area (TPSA) is 41.6 Å². The third-order valence-corrected chi connectivity index (χ3v) is 1.97. The van der Waals surface area contributed by atoms with Gasteiger partial charge in [0.05, 0.1) is 6.10 Å². The second-order valence-corrected chi connectivity index (χ2v) is 3.15. The summed E-state index contributed by atoms with van der Waals surface area (Å²) in [4.78, 5) is 12.8. The third-order valence-electron chi connectivity index (χ3n) is 1.97. The van der Waals surface area contributed by atoms with Crippen LogP contribution in [-0.2, 0) is 9.53 Å². The monoisotopic (exact) mass is 188 g/mol. The van der Waals surface area contributed by atoms with Crippen molar-refractivity contribution in [1.29, 1.82) is 0 Å². The van der Waals surface area contributed by atoms with E-state index in [1.807, 2.05) is 7.05 Å². The molecular formula is C9H20N2O2. The maximum atomic E-state index is 10.6. The number of hydrogen-bond donors (Lipinski definition) is 1. The first kappa shape index (κ1) is 12.4. The number of likely N-dealkylation sites (N-methyl/N-ethyl adjacent to an activating group) is 1. The molecule has 0 radical (unpaired) electrons. The van der Waals surface area contributed by atoms with Crippen LogP contribution in [0, 0.1) is 0 Å². The Labute approximate surface area is 80.2 Å². The molecule has 1 amide bonds. The molecule has 0 saturated heterocycles. The molecule has 0 aromatic carbocycles. The van der Waals surface area contributed by atoms with Crippen LogP contribution in [0.15, 0.2) is 0 Å². The lowest BCUT2D eigenvalue weighted by Crippen LogP contribution is -2.39. The summed E-state index contributed by atoms with van der Waals surface area (Å²) in [6.07, 6.45) is 0.0776. The first-order valence-electron chi connectivity index (χ1n) is 4.55. The molecule has 0 aliphatic carbocycles. The highest BCUT2D eigenvalue weighted by Gasteiger charge is 2.09. The first-order chi connectivity index (χ1) is 6.10. The number of hydrogen-bond acceptors (Lipinski definition) is 3. The molecule has 4 heteroatoms. The number of ether oxygens (including phenoxy) is 1. The van der Waals surface area contributed by atoms with Gasteiger partial charge in [-0.05, 0) is 13.6 Å². The number of carbonyl (C=O) groups excluding carboxylic acids is 1. The van der Waals surface area contributed by atoms with Gasteiger partial charge in [-0.25, -0.2) is 0 Å². The predicted octanol–water partition coefficient (Wildman–Crippen LogP) is 0.0892. The maximum Gasteiger partial charge on any atom is 0.216 e. The molecule has 1 unspecified atom stereocenters. The molecule has 0 bridgehead atoms. The van der Waals surface area contributed by atoms with Gasteiger partial charge in [0.25, 0.3) is 0 Å². The highest BCUT2D eigenvalue weighted by Crippen LogP contribution is 1.92. The average Bonchev–Trinajstić information content (AvgIpc) is 2.11. The summed E-state index contributed by atoms with van der Waals surface area (Å²) in [5, 5.41) is 2.74. The minimum absolute atomic E-state index is 0.0128. The van der Waals surface area contributed by atoms with E-state index in [0.717, 1.165) is 13.1 Å². The molecule has 1 atom stereocenters. The second kappa shape index (κ2) is 6.86. The Kier molecular flexibility index (Phi) is 6.54. The van der Waals surface area contributed by atoms with Crippen LogP contribution in [0.1, 0.15) is 13.8 Å². The van der Waals surface area contributed by atoms with E-state index in [2.05, 4.69) is 17.1 Å². The Hall–Kier alpha value is -0.610. The van der Waals surface area contributed by atoms with Crippen molar-refractivity contribution in [3.05, 3.63) is 0 Å². The van der Waals surface area contributed by atoms with Crippen LogP contribution in [-0.4, -0.2) is 50.7 Å². The van der Waals surface area contributed by atoms with E-state index in [-0.39, 0.29) is 12.0 Å². The lowest BCUT2D eigenvalue weighted by Gasteiger charge is -2.21. The quantitative estimate of drug-likeness (QED) is 0.642. The van der Waals surface area contributed by atoms with Crippen molar-refractivity contribution in [2.45, 2.75) is 20.0 Å². The Balaban J connectivity index is 3.68. The molecule has 0 spiro atoms. The fourth-order valence-electron chi connectivity index (χ4n) is 0.957. The molecule has 0 saturated carbocycles.